The van der Waals surface area contributed by atoms with E-state index in [1.807, 2.05) is 0 Å². The summed E-state index contributed by atoms with van der Waals surface area (Å²) in [5.74, 6) is -1.31. The van der Waals surface area contributed by atoms with Gasteiger partial charge >= 0.3 is 0 Å². The third-order valence-electron chi connectivity index (χ3n) is 2.66. The van der Waals surface area contributed by atoms with Crippen LogP contribution in [0, 0.1) is 5.82 Å². The van der Waals surface area contributed by atoms with E-state index in [0.717, 1.165) is 0 Å². The summed E-state index contributed by atoms with van der Waals surface area (Å²) in [6.07, 6.45) is 0. The lowest BCUT2D eigenvalue weighted by molar-refractivity contribution is -0.115. The van der Waals surface area contributed by atoms with E-state index in [9.17, 15) is 14.0 Å². The molecular weight excluding hydrogens is 330 g/mol. The predicted octanol–water partition coefficient (Wildman–Crippen LogP) is 3.50. The van der Waals surface area contributed by atoms with Crippen LogP contribution in [0.5, 0.6) is 0 Å². The zero-order valence-electron chi connectivity index (χ0n) is 11.2. The van der Waals surface area contributed by atoms with Crippen molar-refractivity contribution in [1.29, 1.82) is 0 Å². The molecule has 0 unspecified atom stereocenters. The minimum Gasteiger partial charge on any atom is -0.343 e. The molecule has 0 saturated heterocycles. The Bertz CT molecular complexity index is 685. The van der Waals surface area contributed by atoms with E-state index in [1.165, 1.54) is 42.5 Å². The summed E-state index contributed by atoms with van der Waals surface area (Å²) in [7, 11) is 0. The van der Waals surface area contributed by atoms with E-state index in [2.05, 4.69) is 10.6 Å². The van der Waals surface area contributed by atoms with Crippen LogP contribution in [0.2, 0.25) is 10.0 Å². The van der Waals surface area contributed by atoms with Crippen molar-refractivity contribution in [3.05, 3.63) is 63.9 Å². The van der Waals surface area contributed by atoms with Crippen LogP contribution in [-0.4, -0.2) is 18.4 Å². The van der Waals surface area contributed by atoms with Crippen LogP contribution >= 0.6 is 23.2 Å². The molecule has 0 heterocycles. The second-order valence-corrected chi connectivity index (χ2v) is 5.27. The summed E-state index contributed by atoms with van der Waals surface area (Å²) < 4.78 is 12.7. The first-order valence-corrected chi connectivity index (χ1v) is 6.99. The second-order valence-electron chi connectivity index (χ2n) is 4.40. The Hall–Kier alpha value is -2.11. The monoisotopic (exact) mass is 340 g/mol. The largest absolute Gasteiger partial charge is 0.343 e. The smallest absolute Gasteiger partial charge is 0.251 e. The van der Waals surface area contributed by atoms with Gasteiger partial charge in [-0.2, -0.15) is 0 Å². The molecule has 114 valence electrons. The average Bonchev–Trinajstić information content (AvgIpc) is 2.46. The number of hydrogen-bond donors (Lipinski definition) is 2. The fourth-order valence-corrected chi connectivity index (χ4v) is 2.21. The molecule has 0 aromatic heterocycles. The van der Waals surface area contributed by atoms with Gasteiger partial charge in [-0.1, -0.05) is 23.2 Å². The van der Waals surface area contributed by atoms with Gasteiger partial charge in [0.2, 0.25) is 5.91 Å². The van der Waals surface area contributed by atoms with Gasteiger partial charge in [0.05, 0.1) is 6.54 Å². The fourth-order valence-electron chi connectivity index (χ4n) is 1.69. The number of amides is 2. The Balaban J connectivity index is 1.90. The van der Waals surface area contributed by atoms with Crippen LogP contribution in [-0.2, 0) is 4.79 Å². The van der Waals surface area contributed by atoms with Crippen molar-refractivity contribution >= 4 is 40.7 Å². The van der Waals surface area contributed by atoms with Crippen molar-refractivity contribution < 1.29 is 14.0 Å². The molecule has 0 bridgehead atoms. The molecule has 4 nitrogen and oxygen atoms in total. The van der Waals surface area contributed by atoms with E-state index in [4.69, 9.17) is 23.2 Å². The van der Waals surface area contributed by atoms with Gasteiger partial charge in [0.25, 0.3) is 5.91 Å². The van der Waals surface area contributed by atoms with Gasteiger partial charge in [0.15, 0.2) is 0 Å². The molecule has 2 amide bonds. The van der Waals surface area contributed by atoms with Crippen molar-refractivity contribution in [3.8, 4) is 0 Å². The molecule has 22 heavy (non-hydrogen) atoms. The Morgan fingerprint density at radius 3 is 2.18 bits per heavy atom. The number of nitrogens with one attached hydrogen (secondary N) is 2. The van der Waals surface area contributed by atoms with Crippen molar-refractivity contribution in [2.45, 2.75) is 0 Å². The summed E-state index contributed by atoms with van der Waals surface area (Å²) in [5.41, 5.74) is 0.693. The lowest BCUT2D eigenvalue weighted by Gasteiger charge is -2.07. The summed E-state index contributed by atoms with van der Waals surface area (Å²) in [5, 5.41) is 5.62. The number of benzene rings is 2. The zero-order chi connectivity index (χ0) is 16.1. The van der Waals surface area contributed by atoms with E-state index in [-0.39, 0.29) is 12.1 Å². The van der Waals surface area contributed by atoms with Gasteiger partial charge in [-0.3, -0.25) is 9.59 Å². The van der Waals surface area contributed by atoms with Crippen LogP contribution in [0.15, 0.2) is 42.5 Å². The molecule has 0 aliphatic carbocycles. The van der Waals surface area contributed by atoms with E-state index in [0.29, 0.717) is 15.7 Å². The maximum atomic E-state index is 12.7. The first kappa shape index (κ1) is 16.3. The lowest BCUT2D eigenvalue weighted by Crippen LogP contribution is -2.32. The van der Waals surface area contributed by atoms with Gasteiger partial charge in [-0.05, 0) is 42.5 Å². The molecule has 0 radical (unpaired) electrons. The molecule has 0 spiro atoms. The van der Waals surface area contributed by atoms with Crippen LogP contribution in [0.25, 0.3) is 0 Å². The molecule has 2 aromatic rings. The normalized spacial score (nSPS) is 10.1. The Morgan fingerprint density at radius 2 is 1.59 bits per heavy atom. The number of halogens is 3. The highest BCUT2D eigenvalue weighted by molar-refractivity contribution is 6.35. The third-order valence-corrected chi connectivity index (χ3v) is 3.10. The highest BCUT2D eigenvalue weighted by Gasteiger charge is 2.10. The standard InChI is InChI=1S/C15H11Cl2FN2O2/c16-10-5-9(6-11(17)7-10)15(22)19-8-14(21)20-13-3-1-12(18)2-4-13/h1-7H,8H2,(H,19,22)(H,20,21). The first-order chi connectivity index (χ1) is 10.4. The summed E-state index contributed by atoms with van der Waals surface area (Å²) in [4.78, 5) is 23.6. The maximum absolute atomic E-state index is 12.7. The molecule has 0 atom stereocenters. The minimum atomic E-state index is -0.473. The van der Waals surface area contributed by atoms with Crippen LogP contribution in [0.1, 0.15) is 10.4 Å². The van der Waals surface area contributed by atoms with E-state index < -0.39 is 17.6 Å². The Morgan fingerprint density at radius 1 is 1.00 bits per heavy atom. The average molecular weight is 341 g/mol. The number of anilines is 1. The van der Waals surface area contributed by atoms with Gasteiger partial charge in [0, 0.05) is 21.3 Å². The molecule has 0 saturated carbocycles. The highest BCUT2D eigenvalue weighted by atomic mass is 35.5. The van der Waals surface area contributed by atoms with E-state index >= 15 is 0 Å². The molecule has 0 aliphatic rings. The van der Waals surface area contributed by atoms with Crippen molar-refractivity contribution in [2.75, 3.05) is 11.9 Å². The number of carbonyl (C=O) groups excluding carboxylic acids is 2. The predicted molar refractivity (Wildman–Crippen MR) is 83.8 cm³/mol. The molecule has 0 aliphatic heterocycles. The zero-order valence-corrected chi connectivity index (χ0v) is 12.7. The Labute approximate surface area is 136 Å². The van der Waals surface area contributed by atoms with Crippen molar-refractivity contribution in [2.24, 2.45) is 0 Å². The van der Waals surface area contributed by atoms with Crippen molar-refractivity contribution in [1.82, 2.24) is 5.32 Å². The number of carbonyl (C=O) groups is 2. The van der Waals surface area contributed by atoms with Gasteiger partial charge in [0.1, 0.15) is 5.82 Å². The summed E-state index contributed by atoms with van der Waals surface area (Å²) in [6.45, 7) is -0.236. The quantitative estimate of drug-likeness (QED) is 0.894. The minimum absolute atomic E-state index is 0.236. The molecule has 0 fully saturated rings. The highest BCUT2D eigenvalue weighted by Crippen LogP contribution is 2.18. The molecule has 2 N–H and O–H groups in total. The molecule has 2 rings (SSSR count). The summed E-state index contributed by atoms with van der Waals surface area (Å²) >= 11 is 11.6. The molecular formula is C15H11Cl2FN2O2. The summed E-state index contributed by atoms with van der Waals surface area (Å²) in [6, 6.07) is 9.68. The lowest BCUT2D eigenvalue weighted by atomic mass is 10.2. The molecule has 7 heteroatoms. The topological polar surface area (TPSA) is 58.2 Å². The fraction of sp³-hybridized carbons (Fsp3) is 0.0667. The second kappa shape index (κ2) is 7.24. The Kier molecular flexibility index (Phi) is 5.35. The van der Waals surface area contributed by atoms with Gasteiger partial charge < -0.3 is 10.6 Å². The SMILES string of the molecule is O=C(CNC(=O)c1cc(Cl)cc(Cl)c1)Nc1ccc(F)cc1. The third kappa shape index (κ3) is 4.72. The van der Waals surface area contributed by atoms with E-state index in [1.54, 1.807) is 0 Å². The van der Waals surface area contributed by atoms with Crippen LogP contribution in [0.3, 0.4) is 0 Å². The van der Waals surface area contributed by atoms with Gasteiger partial charge in [-0.25, -0.2) is 4.39 Å². The maximum Gasteiger partial charge on any atom is 0.251 e. The van der Waals surface area contributed by atoms with Crippen LogP contribution < -0.4 is 10.6 Å². The number of hydrogen-bond acceptors (Lipinski definition) is 2. The first-order valence-electron chi connectivity index (χ1n) is 6.24. The molecule has 2 aromatic carbocycles. The van der Waals surface area contributed by atoms with Crippen molar-refractivity contribution in [3.63, 3.8) is 0 Å². The van der Waals surface area contributed by atoms with Gasteiger partial charge in [-0.15, -0.1) is 0 Å². The number of rotatable bonds is 4. The van der Waals surface area contributed by atoms with Crippen LogP contribution in [0.4, 0.5) is 10.1 Å².